The predicted molar refractivity (Wildman–Crippen MR) is 92.3 cm³/mol. The van der Waals surface area contributed by atoms with E-state index < -0.39 is 6.08 Å². The van der Waals surface area contributed by atoms with Crippen molar-refractivity contribution >= 4 is 22.7 Å². The molecule has 2 aromatic heterocycles. The number of anilines is 2. The second-order valence-electron chi connectivity index (χ2n) is 5.80. The summed E-state index contributed by atoms with van der Waals surface area (Å²) in [5.74, 6) is 1.28. The topological polar surface area (TPSA) is 83.3 Å². The number of hydrogen-bond donors (Lipinski definition) is 1. The Morgan fingerprint density at radius 2 is 2.15 bits per heavy atom. The summed E-state index contributed by atoms with van der Waals surface area (Å²) in [5.41, 5.74) is 1.42. The van der Waals surface area contributed by atoms with Crippen molar-refractivity contribution in [3.8, 4) is 11.5 Å². The first-order chi connectivity index (χ1) is 12.7. The van der Waals surface area contributed by atoms with Crippen LogP contribution in [0.1, 0.15) is 19.1 Å². The number of nitrogens with one attached hydrogen (secondary N) is 1. The summed E-state index contributed by atoms with van der Waals surface area (Å²) in [6.07, 6.45) is 2.35. The molecule has 9 heteroatoms. The second-order valence-corrected chi connectivity index (χ2v) is 5.80. The summed E-state index contributed by atoms with van der Waals surface area (Å²) >= 11 is 0. The van der Waals surface area contributed by atoms with Crippen molar-refractivity contribution in [2.24, 2.45) is 0 Å². The fourth-order valence-corrected chi connectivity index (χ4v) is 3.08. The van der Waals surface area contributed by atoms with Crippen LogP contribution in [0.3, 0.4) is 0 Å². The van der Waals surface area contributed by atoms with E-state index in [4.69, 9.17) is 14.2 Å². The lowest BCUT2D eigenvalue weighted by Crippen LogP contribution is -2.08. The van der Waals surface area contributed by atoms with Crippen LogP contribution in [-0.2, 0) is 4.74 Å². The molecule has 3 heterocycles. The Balaban J connectivity index is 1.78. The van der Waals surface area contributed by atoms with Gasteiger partial charge in [0.05, 0.1) is 26.2 Å². The van der Waals surface area contributed by atoms with Crippen LogP contribution in [0, 0.1) is 6.08 Å². The molecule has 1 aromatic carbocycles. The van der Waals surface area contributed by atoms with Crippen LogP contribution >= 0.6 is 0 Å². The maximum absolute atomic E-state index is 14.1. The Morgan fingerprint density at radius 3 is 2.88 bits per heavy atom. The molecule has 0 amide bonds. The summed E-state index contributed by atoms with van der Waals surface area (Å²) in [6, 6.07) is 5.35. The minimum absolute atomic E-state index is 0.187. The van der Waals surface area contributed by atoms with Crippen LogP contribution < -0.4 is 14.8 Å². The summed E-state index contributed by atoms with van der Waals surface area (Å²) in [4.78, 5) is 12.1. The molecule has 0 saturated carbocycles. The fourth-order valence-electron chi connectivity index (χ4n) is 3.08. The van der Waals surface area contributed by atoms with Gasteiger partial charge in [-0.05, 0) is 25.0 Å². The molecule has 1 aliphatic heterocycles. The van der Waals surface area contributed by atoms with E-state index in [1.165, 1.54) is 7.11 Å². The third-order valence-electron chi connectivity index (χ3n) is 4.27. The van der Waals surface area contributed by atoms with E-state index in [2.05, 4.69) is 20.3 Å². The quantitative estimate of drug-likeness (QED) is 0.701. The monoisotopic (exact) mass is 359 g/mol. The Morgan fingerprint density at radius 1 is 1.27 bits per heavy atom. The molecule has 8 nitrogen and oxygen atoms in total. The lowest BCUT2D eigenvalue weighted by Gasteiger charge is -2.14. The van der Waals surface area contributed by atoms with Gasteiger partial charge < -0.3 is 19.5 Å². The Hall–Kier alpha value is -2.94. The van der Waals surface area contributed by atoms with E-state index in [0.717, 1.165) is 12.8 Å². The third kappa shape index (κ3) is 2.80. The van der Waals surface area contributed by atoms with Gasteiger partial charge in [-0.3, -0.25) is 4.57 Å². The van der Waals surface area contributed by atoms with Crippen molar-refractivity contribution in [3.63, 3.8) is 0 Å². The van der Waals surface area contributed by atoms with Crippen LogP contribution in [0.2, 0.25) is 0 Å². The highest BCUT2D eigenvalue weighted by Gasteiger charge is 2.23. The standard InChI is InChI=1S/C17H18FN5O3/c1-24-11-6-3-5-10(14(11)25-2)20-15-13-16(22-17(18)21-15)23(9-19-13)12-7-4-8-26-12/h3,5-6,9,12H,4,7-8H2,1-2H3,(H,20,21,22). The molecule has 3 aromatic rings. The summed E-state index contributed by atoms with van der Waals surface area (Å²) in [6.45, 7) is 0.671. The van der Waals surface area contributed by atoms with Crippen molar-refractivity contribution in [1.29, 1.82) is 0 Å². The van der Waals surface area contributed by atoms with E-state index >= 15 is 0 Å². The second kappa shape index (κ2) is 6.75. The number of ether oxygens (including phenoxy) is 3. The molecule has 0 aliphatic carbocycles. The largest absolute Gasteiger partial charge is 0.493 e. The number of methoxy groups -OCH3 is 2. The van der Waals surface area contributed by atoms with Gasteiger partial charge in [0.15, 0.2) is 28.5 Å². The normalized spacial score (nSPS) is 16.8. The molecule has 0 spiro atoms. The van der Waals surface area contributed by atoms with E-state index in [-0.39, 0.29) is 12.0 Å². The molecule has 4 rings (SSSR count). The first-order valence-corrected chi connectivity index (χ1v) is 8.21. The van der Waals surface area contributed by atoms with Crippen LogP contribution in [0.15, 0.2) is 24.5 Å². The number of fused-ring (bicyclic) bond motifs is 1. The Labute approximate surface area is 148 Å². The molecule has 1 atom stereocenters. The summed E-state index contributed by atoms with van der Waals surface area (Å²) < 4.78 is 32.2. The van der Waals surface area contributed by atoms with Gasteiger partial charge in [-0.2, -0.15) is 14.4 Å². The molecular formula is C17H18FN5O3. The molecule has 1 fully saturated rings. The number of para-hydroxylation sites is 1. The molecule has 0 radical (unpaired) electrons. The number of nitrogens with zero attached hydrogens (tertiary/aromatic N) is 4. The number of imidazole rings is 1. The van der Waals surface area contributed by atoms with Crippen LogP contribution in [0.5, 0.6) is 11.5 Å². The molecule has 1 N–H and O–H groups in total. The van der Waals surface area contributed by atoms with Crippen molar-refractivity contribution in [1.82, 2.24) is 19.5 Å². The average molecular weight is 359 g/mol. The first kappa shape index (κ1) is 16.5. The van der Waals surface area contributed by atoms with Crippen LogP contribution in [0.4, 0.5) is 15.9 Å². The zero-order valence-electron chi connectivity index (χ0n) is 14.4. The van der Waals surface area contributed by atoms with Gasteiger partial charge in [-0.15, -0.1) is 0 Å². The lowest BCUT2D eigenvalue weighted by atomic mass is 10.2. The van der Waals surface area contributed by atoms with Gasteiger partial charge in [-0.25, -0.2) is 4.98 Å². The third-order valence-corrected chi connectivity index (χ3v) is 4.27. The number of hydrogen-bond acceptors (Lipinski definition) is 7. The molecule has 136 valence electrons. The SMILES string of the molecule is COc1cccc(Nc2nc(F)nc3c2ncn3C2CCCO2)c1OC. The van der Waals surface area contributed by atoms with Crippen molar-refractivity contribution in [2.45, 2.75) is 19.1 Å². The van der Waals surface area contributed by atoms with E-state index in [9.17, 15) is 4.39 Å². The fraction of sp³-hybridized carbons (Fsp3) is 0.353. The zero-order chi connectivity index (χ0) is 18.1. The van der Waals surface area contributed by atoms with Gasteiger partial charge in [0.1, 0.15) is 6.23 Å². The molecule has 26 heavy (non-hydrogen) atoms. The maximum atomic E-state index is 14.1. The number of rotatable bonds is 5. The van der Waals surface area contributed by atoms with Gasteiger partial charge in [0, 0.05) is 6.61 Å². The highest BCUT2D eigenvalue weighted by Crippen LogP contribution is 2.37. The van der Waals surface area contributed by atoms with Gasteiger partial charge in [0.2, 0.25) is 0 Å². The molecule has 1 unspecified atom stereocenters. The number of aromatic nitrogens is 4. The molecule has 1 saturated heterocycles. The van der Waals surface area contributed by atoms with Crippen molar-refractivity contribution < 1.29 is 18.6 Å². The van der Waals surface area contributed by atoms with Crippen LogP contribution in [0.25, 0.3) is 11.2 Å². The van der Waals surface area contributed by atoms with Gasteiger partial charge in [-0.1, -0.05) is 6.07 Å². The number of halogens is 1. The molecule has 1 aliphatic rings. The van der Waals surface area contributed by atoms with E-state index in [1.807, 2.05) is 0 Å². The van der Waals surface area contributed by atoms with Crippen molar-refractivity contribution in [3.05, 3.63) is 30.6 Å². The zero-order valence-corrected chi connectivity index (χ0v) is 14.4. The van der Waals surface area contributed by atoms with E-state index in [1.54, 1.807) is 36.2 Å². The van der Waals surface area contributed by atoms with Gasteiger partial charge >= 0.3 is 6.08 Å². The summed E-state index contributed by atoms with van der Waals surface area (Å²) in [7, 11) is 3.08. The highest BCUT2D eigenvalue weighted by molar-refractivity contribution is 5.86. The van der Waals surface area contributed by atoms with Crippen molar-refractivity contribution in [2.75, 3.05) is 26.1 Å². The predicted octanol–water partition coefficient (Wildman–Crippen LogP) is 3.04. The first-order valence-electron chi connectivity index (χ1n) is 8.21. The summed E-state index contributed by atoms with van der Waals surface area (Å²) in [5, 5.41) is 3.07. The Kier molecular flexibility index (Phi) is 4.29. The average Bonchev–Trinajstić information content (AvgIpc) is 3.30. The van der Waals surface area contributed by atoms with Gasteiger partial charge in [0.25, 0.3) is 0 Å². The smallest absolute Gasteiger partial charge is 0.312 e. The molecule has 0 bridgehead atoms. The number of benzene rings is 1. The maximum Gasteiger partial charge on any atom is 0.312 e. The minimum Gasteiger partial charge on any atom is -0.493 e. The molecular weight excluding hydrogens is 341 g/mol. The minimum atomic E-state index is -0.846. The Bertz CT molecular complexity index is 940. The lowest BCUT2D eigenvalue weighted by molar-refractivity contribution is 0.0592. The van der Waals surface area contributed by atoms with Crippen LogP contribution in [-0.4, -0.2) is 40.3 Å². The highest BCUT2D eigenvalue weighted by atomic mass is 19.1. The van der Waals surface area contributed by atoms with E-state index in [0.29, 0.717) is 35.0 Å².